The van der Waals surface area contributed by atoms with Crippen LogP contribution in [0.2, 0.25) is 0 Å². The third-order valence-corrected chi connectivity index (χ3v) is 3.32. The first-order valence-corrected chi connectivity index (χ1v) is 5.86. The van der Waals surface area contributed by atoms with Gasteiger partial charge in [0.15, 0.2) is 0 Å². The Kier molecular flexibility index (Phi) is 2.57. The van der Waals surface area contributed by atoms with Crippen LogP contribution < -0.4 is 10.6 Å². The predicted octanol–water partition coefficient (Wildman–Crippen LogP) is 2.19. The summed E-state index contributed by atoms with van der Waals surface area (Å²) in [6.07, 6.45) is 1.66. The van der Waals surface area contributed by atoms with Gasteiger partial charge in [-0.25, -0.2) is 9.37 Å². The Bertz CT molecular complexity index is 690. The van der Waals surface area contributed by atoms with E-state index in [-0.39, 0.29) is 11.6 Å². The lowest BCUT2D eigenvalue weighted by atomic mass is 10.1. The summed E-state index contributed by atoms with van der Waals surface area (Å²) in [5, 5.41) is 9.13. The highest BCUT2D eigenvalue weighted by molar-refractivity contribution is 5.61. The van der Waals surface area contributed by atoms with Crippen LogP contribution in [-0.2, 0) is 13.1 Å². The zero-order valence-electron chi connectivity index (χ0n) is 10.1. The van der Waals surface area contributed by atoms with Gasteiger partial charge in [0.1, 0.15) is 17.7 Å². The largest absolute Gasteiger partial charge is 0.383 e. The lowest BCUT2D eigenvalue weighted by molar-refractivity contribution is 0.619. The van der Waals surface area contributed by atoms with Crippen LogP contribution in [0.1, 0.15) is 16.7 Å². The van der Waals surface area contributed by atoms with E-state index < -0.39 is 0 Å². The number of fused-ring (bicyclic) bond motifs is 1. The second kappa shape index (κ2) is 4.25. The van der Waals surface area contributed by atoms with E-state index in [0.29, 0.717) is 24.3 Å². The van der Waals surface area contributed by atoms with Crippen LogP contribution in [-0.4, -0.2) is 4.98 Å². The highest BCUT2D eigenvalue weighted by Gasteiger charge is 2.25. The molecule has 0 fully saturated rings. The number of pyridine rings is 1. The molecule has 1 aromatic heterocycles. The Morgan fingerprint density at radius 3 is 2.84 bits per heavy atom. The normalized spacial score (nSPS) is 13.2. The van der Waals surface area contributed by atoms with Gasteiger partial charge in [0.2, 0.25) is 0 Å². The number of rotatable bonds is 1. The lowest BCUT2D eigenvalue weighted by Crippen LogP contribution is -2.15. The number of nitrogens with two attached hydrogens (primary N) is 1. The second-order valence-electron chi connectivity index (χ2n) is 4.44. The monoisotopic (exact) mass is 254 g/mol. The summed E-state index contributed by atoms with van der Waals surface area (Å²) >= 11 is 0. The average Bonchev–Trinajstić information content (AvgIpc) is 2.83. The van der Waals surface area contributed by atoms with E-state index in [1.807, 2.05) is 4.90 Å². The molecule has 0 unspecified atom stereocenters. The van der Waals surface area contributed by atoms with Crippen LogP contribution >= 0.6 is 0 Å². The molecule has 0 saturated heterocycles. The van der Waals surface area contributed by atoms with Gasteiger partial charge in [-0.05, 0) is 23.3 Å². The maximum atomic E-state index is 13.8. The van der Waals surface area contributed by atoms with E-state index in [2.05, 4.69) is 11.1 Å². The van der Waals surface area contributed by atoms with Gasteiger partial charge in [-0.3, -0.25) is 0 Å². The minimum Gasteiger partial charge on any atom is -0.383 e. The van der Waals surface area contributed by atoms with Gasteiger partial charge >= 0.3 is 0 Å². The topological polar surface area (TPSA) is 65.9 Å². The molecular weight excluding hydrogens is 243 g/mol. The summed E-state index contributed by atoms with van der Waals surface area (Å²) in [6.45, 7) is 1.02. The summed E-state index contributed by atoms with van der Waals surface area (Å²) in [4.78, 5) is 5.88. The molecule has 5 heteroatoms. The van der Waals surface area contributed by atoms with Crippen molar-refractivity contribution in [1.29, 1.82) is 5.26 Å². The van der Waals surface area contributed by atoms with E-state index in [0.717, 1.165) is 11.1 Å². The molecule has 4 nitrogen and oxygen atoms in total. The Balaban J connectivity index is 2.02. The van der Waals surface area contributed by atoms with Gasteiger partial charge in [-0.1, -0.05) is 12.1 Å². The summed E-state index contributed by atoms with van der Waals surface area (Å²) < 4.78 is 13.8. The van der Waals surface area contributed by atoms with Crippen LogP contribution in [0.15, 0.2) is 30.5 Å². The SMILES string of the molecule is N#Cc1c(N)ncc2c1CN(c1ccccc1F)C2. The number of para-hydroxylation sites is 1. The van der Waals surface area contributed by atoms with Crippen molar-refractivity contribution in [1.82, 2.24) is 4.98 Å². The number of benzene rings is 1. The zero-order chi connectivity index (χ0) is 13.4. The number of hydrogen-bond donors (Lipinski definition) is 1. The van der Waals surface area contributed by atoms with Crippen molar-refractivity contribution >= 4 is 11.5 Å². The number of anilines is 2. The fraction of sp³-hybridized carbons (Fsp3) is 0.143. The molecule has 0 radical (unpaired) electrons. The quantitative estimate of drug-likeness (QED) is 0.847. The zero-order valence-corrected chi connectivity index (χ0v) is 10.1. The average molecular weight is 254 g/mol. The van der Waals surface area contributed by atoms with Crippen LogP contribution in [0.5, 0.6) is 0 Å². The highest BCUT2D eigenvalue weighted by atomic mass is 19.1. The third kappa shape index (κ3) is 1.78. The minimum absolute atomic E-state index is 0.233. The Morgan fingerprint density at radius 1 is 1.32 bits per heavy atom. The predicted molar refractivity (Wildman–Crippen MR) is 69.7 cm³/mol. The summed E-state index contributed by atoms with van der Waals surface area (Å²) in [7, 11) is 0. The van der Waals surface area contributed by atoms with Crippen molar-refractivity contribution in [3.63, 3.8) is 0 Å². The van der Waals surface area contributed by atoms with E-state index in [4.69, 9.17) is 11.0 Å². The first-order chi connectivity index (χ1) is 9.20. The van der Waals surface area contributed by atoms with Crippen LogP contribution in [0.3, 0.4) is 0 Å². The number of hydrogen-bond acceptors (Lipinski definition) is 4. The van der Waals surface area contributed by atoms with E-state index in [1.165, 1.54) is 6.07 Å². The minimum atomic E-state index is -0.269. The molecule has 2 heterocycles. The van der Waals surface area contributed by atoms with Gasteiger partial charge in [-0.2, -0.15) is 5.26 Å². The first-order valence-electron chi connectivity index (χ1n) is 5.86. The van der Waals surface area contributed by atoms with Crippen LogP contribution in [0, 0.1) is 17.1 Å². The number of nitriles is 1. The molecule has 3 rings (SSSR count). The van der Waals surface area contributed by atoms with Gasteiger partial charge in [0.25, 0.3) is 0 Å². The van der Waals surface area contributed by atoms with Crippen molar-refractivity contribution in [2.24, 2.45) is 0 Å². The van der Waals surface area contributed by atoms with Crippen molar-refractivity contribution in [3.05, 3.63) is 53.0 Å². The van der Waals surface area contributed by atoms with Crippen LogP contribution in [0.25, 0.3) is 0 Å². The van der Waals surface area contributed by atoms with Crippen molar-refractivity contribution in [2.45, 2.75) is 13.1 Å². The fourth-order valence-electron chi connectivity index (χ4n) is 2.38. The van der Waals surface area contributed by atoms with E-state index in [9.17, 15) is 4.39 Å². The molecule has 0 aliphatic carbocycles. The summed E-state index contributed by atoms with van der Waals surface area (Å²) in [6, 6.07) is 8.67. The third-order valence-electron chi connectivity index (χ3n) is 3.32. The number of halogens is 1. The molecule has 0 saturated carbocycles. The molecule has 0 atom stereocenters. The molecule has 1 aliphatic rings. The van der Waals surface area contributed by atoms with E-state index >= 15 is 0 Å². The maximum absolute atomic E-state index is 13.8. The molecule has 2 N–H and O–H groups in total. The molecule has 1 aliphatic heterocycles. The number of aromatic nitrogens is 1. The first kappa shape index (κ1) is 11.5. The van der Waals surface area contributed by atoms with Gasteiger partial charge < -0.3 is 10.6 Å². The van der Waals surface area contributed by atoms with Gasteiger partial charge in [0, 0.05) is 19.3 Å². The van der Waals surface area contributed by atoms with Gasteiger partial charge in [0.05, 0.1) is 11.3 Å². The molecule has 0 amide bonds. The van der Waals surface area contributed by atoms with Crippen molar-refractivity contribution in [2.75, 3.05) is 10.6 Å². The molecule has 0 bridgehead atoms. The second-order valence-corrected chi connectivity index (χ2v) is 4.44. The highest BCUT2D eigenvalue weighted by Crippen LogP contribution is 2.32. The number of nitrogen functional groups attached to an aromatic ring is 1. The smallest absolute Gasteiger partial charge is 0.146 e. The van der Waals surface area contributed by atoms with E-state index in [1.54, 1.807) is 24.4 Å². The molecule has 2 aromatic rings. The Hall–Kier alpha value is -2.61. The van der Waals surface area contributed by atoms with Crippen molar-refractivity contribution < 1.29 is 4.39 Å². The Morgan fingerprint density at radius 2 is 2.11 bits per heavy atom. The molecule has 0 spiro atoms. The fourth-order valence-corrected chi connectivity index (χ4v) is 2.38. The maximum Gasteiger partial charge on any atom is 0.146 e. The summed E-state index contributed by atoms with van der Waals surface area (Å²) in [5.74, 6) is -0.0358. The van der Waals surface area contributed by atoms with Crippen LogP contribution in [0.4, 0.5) is 15.9 Å². The summed E-state index contributed by atoms with van der Waals surface area (Å²) in [5.41, 5.74) is 8.39. The lowest BCUT2D eigenvalue weighted by Gasteiger charge is -2.18. The molecule has 1 aromatic carbocycles. The molecule has 19 heavy (non-hydrogen) atoms. The number of nitrogens with zero attached hydrogens (tertiary/aromatic N) is 3. The Labute approximate surface area is 109 Å². The van der Waals surface area contributed by atoms with Crippen molar-refractivity contribution in [3.8, 4) is 6.07 Å². The molecular formula is C14H11FN4. The standard InChI is InChI=1S/C14H11FN4/c15-12-3-1-2-4-13(12)19-7-9-6-18-14(17)10(5-16)11(9)8-19/h1-4,6H,7-8H2,(H2,17,18). The molecule has 94 valence electrons. The van der Waals surface area contributed by atoms with Gasteiger partial charge in [-0.15, -0.1) is 0 Å².